The van der Waals surface area contributed by atoms with Crippen LogP contribution in [0, 0.1) is 0 Å². The molecule has 0 aliphatic rings. The molecule has 0 atom stereocenters. The van der Waals surface area contributed by atoms with Crippen LogP contribution in [0.2, 0.25) is 0 Å². The second-order valence-electron chi connectivity index (χ2n) is 17.7. The largest absolute Gasteiger partial charge is 0.377 e. The van der Waals surface area contributed by atoms with Gasteiger partial charge in [-0.15, -0.1) is 0 Å². The molecule has 0 bridgehead atoms. The molecular weight excluding hydrogens is 745 g/mol. The molecule has 0 aliphatic heterocycles. The Bertz CT molecular complexity index is 1260. The van der Waals surface area contributed by atoms with Crippen LogP contribution < -0.4 is 0 Å². The predicted molar refractivity (Wildman–Crippen MR) is 280 cm³/mol. The van der Waals surface area contributed by atoms with Gasteiger partial charge in [-0.2, -0.15) is 0 Å². The lowest BCUT2D eigenvalue weighted by Crippen LogP contribution is -1.95. The number of hydrogen-bond acceptors (Lipinski definition) is 3. The summed E-state index contributed by atoms with van der Waals surface area (Å²) in [6.45, 7) is 37.8. The van der Waals surface area contributed by atoms with Crippen molar-refractivity contribution in [3.8, 4) is 0 Å². The summed E-state index contributed by atoms with van der Waals surface area (Å²) in [5, 5.41) is 0. The zero-order valence-corrected chi connectivity index (χ0v) is 42.9. The van der Waals surface area contributed by atoms with Crippen LogP contribution in [0.25, 0.3) is 0 Å². The van der Waals surface area contributed by atoms with Crippen LogP contribution in [-0.2, 0) is 14.2 Å². The van der Waals surface area contributed by atoms with Gasteiger partial charge in [0.05, 0.1) is 19.8 Å². The molecule has 0 radical (unpaired) electrons. The average Bonchev–Trinajstić information content (AvgIpc) is 3.18. The molecule has 3 heteroatoms. The van der Waals surface area contributed by atoms with Crippen LogP contribution in [0.3, 0.4) is 0 Å². The van der Waals surface area contributed by atoms with Crippen LogP contribution in [0.4, 0.5) is 0 Å². The van der Waals surface area contributed by atoms with Crippen LogP contribution in [-0.4, -0.2) is 39.6 Å². The zero-order valence-electron chi connectivity index (χ0n) is 42.9. The first-order valence-electron chi connectivity index (χ1n) is 24.2. The van der Waals surface area contributed by atoms with Gasteiger partial charge in [-0.3, -0.25) is 0 Å². The summed E-state index contributed by atoms with van der Waals surface area (Å²) in [7, 11) is 0. The molecule has 0 spiro atoms. The van der Waals surface area contributed by atoms with Gasteiger partial charge >= 0.3 is 0 Å². The maximum absolute atomic E-state index is 5.61. The van der Waals surface area contributed by atoms with E-state index in [2.05, 4.69) is 159 Å². The molecule has 61 heavy (non-hydrogen) atoms. The minimum Gasteiger partial charge on any atom is -0.377 e. The van der Waals surface area contributed by atoms with E-state index >= 15 is 0 Å². The molecule has 0 heterocycles. The zero-order chi connectivity index (χ0) is 45.7. The summed E-state index contributed by atoms with van der Waals surface area (Å²) < 4.78 is 16.6. The molecule has 0 fully saturated rings. The van der Waals surface area contributed by atoms with Crippen molar-refractivity contribution in [3.63, 3.8) is 0 Å². The number of rotatable bonds is 33. The third-order valence-corrected chi connectivity index (χ3v) is 9.90. The smallest absolute Gasteiger partial charge is 0.0649 e. The summed E-state index contributed by atoms with van der Waals surface area (Å²) in [6.07, 6.45) is 41.9. The fraction of sp³-hybridized carbons (Fsp3) is 0.690. The first-order chi connectivity index (χ1) is 28.7. The quantitative estimate of drug-likeness (QED) is 0.0486. The van der Waals surface area contributed by atoms with E-state index in [1.807, 2.05) is 0 Å². The first kappa shape index (κ1) is 65.2. The second-order valence-corrected chi connectivity index (χ2v) is 17.7. The molecule has 0 aliphatic carbocycles. The molecule has 0 amide bonds. The standard InChI is InChI=1S/C20H36O.C19H34O.C18H32O.CH4/c1-6-7-8-16-21-17-15-20(5)14-10-13-19(4)12-9-11-18(2)3;1-6-7-15-20-16-14-19(5)13-9-12-18(4)11-8-10-17(2)3;1-6-14-19-15-13-18(5)12-8-11-17(4)10-7-9-16(2)3;/h11,13,15H,6-10,12,14,16-17H2,1-5H3;10,12,14H,6-9,11,13,15-16H2,1-5H3;9,11,13H,6-8,10,12,14-15H2,1-5H3;1H4/b19-13+,20-15+;18-12+,19-14+;17-11+,18-13+;. The van der Waals surface area contributed by atoms with Crippen molar-refractivity contribution in [1.29, 1.82) is 0 Å². The topological polar surface area (TPSA) is 27.7 Å². The van der Waals surface area contributed by atoms with Gasteiger partial charge < -0.3 is 14.2 Å². The molecule has 0 aromatic rings. The van der Waals surface area contributed by atoms with Crippen LogP contribution in [0.1, 0.15) is 227 Å². The van der Waals surface area contributed by atoms with Crippen LogP contribution >= 0.6 is 0 Å². The lowest BCUT2D eigenvalue weighted by molar-refractivity contribution is 0.157. The molecule has 3 nitrogen and oxygen atoms in total. The summed E-state index contributed by atoms with van der Waals surface area (Å²) in [5.41, 5.74) is 13.1. The molecule has 0 saturated heterocycles. The number of ether oxygens (including phenoxy) is 3. The van der Waals surface area contributed by atoms with E-state index in [1.54, 1.807) is 0 Å². The molecule has 0 rings (SSSR count). The van der Waals surface area contributed by atoms with E-state index in [0.717, 1.165) is 84.6 Å². The van der Waals surface area contributed by atoms with Crippen molar-refractivity contribution in [1.82, 2.24) is 0 Å². The summed E-state index contributed by atoms with van der Waals surface area (Å²) in [4.78, 5) is 0. The molecule has 0 unspecified atom stereocenters. The highest BCUT2D eigenvalue weighted by atomic mass is 16.5. The minimum atomic E-state index is 0. The average molecular weight is 851 g/mol. The lowest BCUT2D eigenvalue weighted by atomic mass is 10.1. The molecule has 0 N–H and O–H groups in total. The highest BCUT2D eigenvalue weighted by Crippen LogP contribution is 2.14. The van der Waals surface area contributed by atoms with Gasteiger partial charge in [0.2, 0.25) is 0 Å². The van der Waals surface area contributed by atoms with Crippen molar-refractivity contribution in [3.05, 3.63) is 105 Å². The van der Waals surface area contributed by atoms with E-state index in [4.69, 9.17) is 14.2 Å². The number of hydrogen-bond donors (Lipinski definition) is 0. The third kappa shape index (κ3) is 59.7. The fourth-order valence-electron chi connectivity index (χ4n) is 5.72. The van der Waals surface area contributed by atoms with E-state index in [9.17, 15) is 0 Å². The minimum absolute atomic E-state index is 0. The monoisotopic (exact) mass is 851 g/mol. The van der Waals surface area contributed by atoms with Crippen molar-refractivity contribution >= 4 is 0 Å². The maximum Gasteiger partial charge on any atom is 0.0649 e. The SMILES string of the molecule is C.CCCCCOC/C=C(\C)CC/C=C(\C)CCC=C(C)C.CCCCOC/C=C(\C)CC/C=C(\C)CCC=C(C)C.CCCOC/C=C(\C)CC/C=C(\C)CCC=C(C)C. The van der Waals surface area contributed by atoms with Gasteiger partial charge in [0.15, 0.2) is 0 Å². The predicted octanol–water partition coefficient (Wildman–Crippen LogP) is 19.3. The van der Waals surface area contributed by atoms with Gasteiger partial charge in [-0.05, 0) is 179 Å². The maximum atomic E-state index is 5.61. The Balaban J connectivity index is -0.000000397. The molecule has 0 saturated carbocycles. The van der Waals surface area contributed by atoms with Crippen molar-refractivity contribution < 1.29 is 14.2 Å². The Morgan fingerprint density at radius 3 is 0.836 bits per heavy atom. The van der Waals surface area contributed by atoms with E-state index in [-0.39, 0.29) is 7.43 Å². The highest BCUT2D eigenvalue weighted by molar-refractivity contribution is 5.08. The van der Waals surface area contributed by atoms with Gasteiger partial charge in [0.1, 0.15) is 0 Å². The van der Waals surface area contributed by atoms with Gasteiger partial charge in [0, 0.05) is 19.8 Å². The van der Waals surface area contributed by atoms with E-state index in [1.165, 1.54) is 121 Å². The molecule has 0 aromatic carbocycles. The van der Waals surface area contributed by atoms with Crippen molar-refractivity contribution in [2.45, 2.75) is 227 Å². The Morgan fingerprint density at radius 2 is 0.557 bits per heavy atom. The number of allylic oxidation sites excluding steroid dienone is 15. The normalized spacial score (nSPS) is 12.4. The van der Waals surface area contributed by atoms with Crippen LogP contribution in [0.15, 0.2) is 105 Å². The summed E-state index contributed by atoms with van der Waals surface area (Å²) in [5.74, 6) is 0. The molecule has 356 valence electrons. The Hall–Kier alpha value is -2.46. The molecule has 0 aromatic heterocycles. The van der Waals surface area contributed by atoms with Gasteiger partial charge in [0.25, 0.3) is 0 Å². The first-order valence-corrected chi connectivity index (χ1v) is 24.2. The van der Waals surface area contributed by atoms with E-state index < -0.39 is 0 Å². The van der Waals surface area contributed by atoms with E-state index in [0.29, 0.717) is 0 Å². The van der Waals surface area contributed by atoms with Crippen LogP contribution in [0.5, 0.6) is 0 Å². The Labute approximate surface area is 384 Å². The van der Waals surface area contributed by atoms with Crippen molar-refractivity contribution in [2.75, 3.05) is 39.6 Å². The summed E-state index contributed by atoms with van der Waals surface area (Å²) in [6, 6.07) is 0. The second kappa shape index (κ2) is 50.2. The lowest BCUT2D eigenvalue weighted by Gasteiger charge is -2.03. The Kier molecular flexibility index (Phi) is 53.6. The van der Waals surface area contributed by atoms with Gasteiger partial charge in [-0.25, -0.2) is 0 Å². The Morgan fingerprint density at radius 1 is 0.295 bits per heavy atom. The number of unbranched alkanes of at least 4 members (excludes halogenated alkanes) is 3. The fourth-order valence-corrected chi connectivity index (χ4v) is 5.72. The van der Waals surface area contributed by atoms with Gasteiger partial charge in [-0.1, -0.05) is 152 Å². The molecular formula is C58H106O3. The third-order valence-electron chi connectivity index (χ3n) is 9.90. The highest BCUT2D eigenvalue weighted by Gasteiger charge is 1.95. The van der Waals surface area contributed by atoms with Crippen molar-refractivity contribution in [2.24, 2.45) is 0 Å². The summed E-state index contributed by atoms with van der Waals surface area (Å²) >= 11 is 0.